The van der Waals surface area contributed by atoms with Gasteiger partial charge in [0.2, 0.25) is 5.91 Å². The van der Waals surface area contributed by atoms with Crippen LogP contribution in [0, 0.1) is 0 Å². The van der Waals surface area contributed by atoms with E-state index in [4.69, 9.17) is 9.11 Å². The Balaban J connectivity index is 2.56. The minimum absolute atomic E-state index is 0.172. The molecule has 1 aliphatic rings. The molecule has 1 heterocycles. The van der Waals surface area contributed by atoms with Crippen LogP contribution in [0.2, 0.25) is 0 Å². The Hall–Kier alpha value is -0.260. The van der Waals surface area contributed by atoms with E-state index in [-0.39, 0.29) is 18.1 Å². The fraction of sp³-hybridized carbons (Fsp3) is 0.667. The van der Waals surface area contributed by atoms with Gasteiger partial charge >= 0.3 is 0 Å². The molecule has 4 nitrogen and oxygen atoms in total. The molecule has 1 amide bonds. The van der Waals surface area contributed by atoms with Crippen LogP contribution in [0.5, 0.6) is 0 Å². The number of rotatable bonds is 0. The summed E-state index contributed by atoms with van der Waals surface area (Å²) < 4.78 is 19.4. The van der Waals surface area contributed by atoms with E-state index >= 15 is 0 Å². The van der Waals surface area contributed by atoms with Crippen LogP contribution in [0.25, 0.3) is 0 Å². The average Bonchev–Trinajstić information content (AvgIpc) is 1.82. The zero-order valence-corrected chi connectivity index (χ0v) is 4.94. The van der Waals surface area contributed by atoms with Gasteiger partial charge in [0.25, 0.3) is 0 Å². The maximum atomic E-state index is 10.2. The Morgan fingerprint density at radius 1 is 1.62 bits per heavy atom. The molecule has 0 bridgehead atoms. The van der Waals surface area contributed by atoms with E-state index in [0.717, 1.165) is 0 Å². The highest BCUT2D eigenvalue weighted by molar-refractivity contribution is 8.23. The second-order valence-corrected chi connectivity index (χ2v) is 3.59. The van der Waals surface area contributed by atoms with Gasteiger partial charge in [0, 0.05) is 6.42 Å². The molecule has 48 valence electrons. The number of hydrogen-bond donors (Lipinski definition) is 3. The Kier molecular flexibility index (Phi) is 1.18. The summed E-state index contributed by atoms with van der Waals surface area (Å²) in [6, 6.07) is 0. The van der Waals surface area contributed by atoms with Crippen molar-refractivity contribution in [3.8, 4) is 0 Å². The van der Waals surface area contributed by atoms with Gasteiger partial charge in [0.1, 0.15) is 0 Å². The van der Waals surface area contributed by atoms with Crippen LogP contribution in [-0.2, 0) is 4.79 Å². The third kappa shape index (κ3) is 1.12. The van der Waals surface area contributed by atoms with Crippen molar-refractivity contribution in [3.05, 3.63) is 0 Å². The molecule has 5 heteroatoms. The summed E-state index contributed by atoms with van der Waals surface area (Å²) in [5.41, 5.74) is 0. The normalized spacial score (nSPS) is 29.5. The quantitative estimate of drug-likeness (QED) is 0.446. The highest BCUT2D eigenvalue weighted by atomic mass is 32.3. The largest absolute Gasteiger partial charge is 0.282 e. The molecule has 0 unspecified atom stereocenters. The molecular formula is C3H7NO3S. The zero-order valence-electron chi connectivity index (χ0n) is 4.13. The van der Waals surface area contributed by atoms with Gasteiger partial charge in [0.05, 0.1) is 5.75 Å². The van der Waals surface area contributed by atoms with E-state index in [9.17, 15) is 4.79 Å². The van der Waals surface area contributed by atoms with Gasteiger partial charge < -0.3 is 0 Å². The number of carbonyl (C=O) groups is 1. The number of hydrogen-bond acceptors (Lipinski definition) is 3. The molecule has 3 N–H and O–H groups in total. The monoisotopic (exact) mass is 137 g/mol. The number of carbonyl (C=O) groups excluding carboxylic acids is 1. The zero-order chi connectivity index (χ0) is 6.20. The van der Waals surface area contributed by atoms with E-state index in [1.807, 2.05) is 4.72 Å². The third-order valence-corrected chi connectivity index (χ3v) is 2.22. The summed E-state index contributed by atoms with van der Waals surface area (Å²) in [4.78, 5) is 10.2. The molecule has 0 radical (unpaired) electrons. The van der Waals surface area contributed by atoms with Gasteiger partial charge in [-0.3, -0.25) is 18.6 Å². The standard InChI is InChI=1S/C3H7NO3S/c5-3-1-2-8(6,7)4-3/h6-7H,1-2H2,(H,4,5). The Labute approximate surface area is 48.4 Å². The lowest BCUT2D eigenvalue weighted by molar-refractivity contribution is -0.118. The lowest BCUT2D eigenvalue weighted by Crippen LogP contribution is -2.16. The summed E-state index contributed by atoms with van der Waals surface area (Å²) in [6.07, 6.45) is 0.238. The molecule has 0 aromatic heterocycles. The summed E-state index contributed by atoms with van der Waals surface area (Å²) in [6.45, 7) is 0. The molecule has 1 aliphatic heterocycles. The van der Waals surface area contributed by atoms with E-state index in [1.54, 1.807) is 0 Å². The van der Waals surface area contributed by atoms with Crippen molar-refractivity contribution in [3.63, 3.8) is 0 Å². The molecule has 1 rings (SSSR count). The molecular weight excluding hydrogens is 130 g/mol. The van der Waals surface area contributed by atoms with Crippen molar-refractivity contribution in [2.75, 3.05) is 5.75 Å². The maximum absolute atomic E-state index is 10.2. The van der Waals surface area contributed by atoms with Crippen molar-refractivity contribution in [2.45, 2.75) is 6.42 Å². The first kappa shape index (κ1) is 5.87. The number of nitrogens with one attached hydrogen (secondary N) is 1. The predicted molar refractivity (Wildman–Crippen MR) is 30.5 cm³/mol. The summed E-state index contributed by atoms with van der Waals surface area (Å²) in [5.74, 6) is -0.101. The molecule has 0 spiro atoms. The Morgan fingerprint density at radius 3 is 2.38 bits per heavy atom. The highest BCUT2D eigenvalue weighted by Crippen LogP contribution is 2.38. The van der Waals surface area contributed by atoms with Crippen molar-refractivity contribution in [2.24, 2.45) is 0 Å². The minimum atomic E-state index is -2.70. The van der Waals surface area contributed by atoms with Crippen LogP contribution in [0.4, 0.5) is 0 Å². The van der Waals surface area contributed by atoms with Crippen LogP contribution in [0.3, 0.4) is 0 Å². The average molecular weight is 137 g/mol. The summed E-state index contributed by atoms with van der Waals surface area (Å²) in [5, 5.41) is 0. The highest BCUT2D eigenvalue weighted by Gasteiger charge is 2.23. The van der Waals surface area contributed by atoms with Crippen LogP contribution in [0.1, 0.15) is 6.42 Å². The number of amides is 1. The molecule has 8 heavy (non-hydrogen) atoms. The Morgan fingerprint density at radius 2 is 2.25 bits per heavy atom. The molecule has 1 saturated heterocycles. The summed E-state index contributed by atoms with van der Waals surface area (Å²) >= 11 is 0. The maximum Gasteiger partial charge on any atom is 0.239 e. The Bertz CT molecular complexity index is 124. The topological polar surface area (TPSA) is 69.6 Å². The predicted octanol–water partition coefficient (Wildman–Crippen LogP) is 0.172. The van der Waals surface area contributed by atoms with Gasteiger partial charge in [0.15, 0.2) is 0 Å². The molecule has 0 aliphatic carbocycles. The molecule has 0 aromatic rings. The lowest BCUT2D eigenvalue weighted by atomic mass is 10.5. The van der Waals surface area contributed by atoms with Gasteiger partial charge in [-0.1, -0.05) is 0 Å². The lowest BCUT2D eigenvalue weighted by Gasteiger charge is -2.24. The summed E-state index contributed by atoms with van der Waals surface area (Å²) in [7, 11) is -2.70. The van der Waals surface area contributed by atoms with Crippen LogP contribution in [0.15, 0.2) is 0 Å². The van der Waals surface area contributed by atoms with Crippen molar-refractivity contribution < 1.29 is 13.9 Å². The fourth-order valence-electron chi connectivity index (χ4n) is 0.519. The SMILES string of the molecule is O=C1CCS(O)(O)N1. The van der Waals surface area contributed by atoms with Gasteiger partial charge in [-0.25, -0.2) is 0 Å². The smallest absolute Gasteiger partial charge is 0.239 e. The van der Waals surface area contributed by atoms with Crippen molar-refractivity contribution in [1.29, 1.82) is 0 Å². The van der Waals surface area contributed by atoms with E-state index < -0.39 is 10.8 Å². The first-order valence-corrected chi connectivity index (χ1v) is 3.88. The van der Waals surface area contributed by atoms with E-state index in [2.05, 4.69) is 0 Å². The van der Waals surface area contributed by atoms with Crippen LogP contribution < -0.4 is 4.72 Å². The van der Waals surface area contributed by atoms with Crippen LogP contribution >= 0.6 is 10.8 Å². The van der Waals surface area contributed by atoms with Crippen LogP contribution in [-0.4, -0.2) is 20.8 Å². The second-order valence-electron chi connectivity index (χ2n) is 1.65. The molecule has 1 fully saturated rings. The first-order chi connectivity index (χ1) is 3.60. The minimum Gasteiger partial charge on any atom is -0.282 e. The molecule has 0 atom stereocenters. The van der Waals surface area contributed by atoms with Gasteiger partial charge in [-0.15, -0.1) is 10.8 Å². The molecule has 0 aromatic carbocycles. The van der Waals surface area contributed by atoms with E-state index in [0.29, 0.717) is 0 Å². The second kappa shape index (κ2) is 1.61. The first-order valence-electron chi connectivity index (χ1n) is 2.17. The van der Waals surface area contributed by atoms with Crippen molar-refractivity contribution >= 4 is 16.7 Å². The molecule has 0 saturated carbocycles. The fourth-order valence-corrected chi connectivity index (χ4v) is 1.56. The van der Waals surface area contributed by atoms with Gasteiger partial charge in [-0.05, 0) is 0 Å². The third-order valence-electron chi connectivity index (χ3n) is 0.891. The van der Waals surface area contributed by atoms with Gasteiger partial charge in [-0.2, -0.15) is 0 Å². The van der Waals surface area contributed by atoms with Crippen molar-refractivity contribution in [1.82, 2.24) is 4.72 Å². The van der Waals surface area contributed by atoms with E-state index in [1.165, 1.54) is 0 Å².